The third kappa shape index (κ3) is 9.07. The van der Waals surface area contributed by atoms with Gasteiger partial charge in [-0.15, -0.1) is 0 Å². The highest BCUT2D eigenvalue weighted by Gasteiger charge is 2.13. The van der Waals surface area contributed by atoms with Crippen LogP contribution in [0.25, 0.3) is 0 Å². The summed E-state index contributed by atoms with van der Waals surface area (Å²) in [5.74, 6) is 0.277. The largest absolute Gasteiger partial charge is 0.457 e. The van der Waals surface area contributed by atoms with Crippen LogP contribution < -0.4 is 15.4 Å². The Morgan fingerprint density at radius 2 is 1.39 bits per heavy atom. The van der Waals surface area contributed by atoms with Gasteiger partial charge in [0.15, 0.2) is 6.61 Å². The van der Waals surface area contributed by atoms with Gasteiger partial charge in [0.2, 0.25) is 5.91 Å². The number of nitrogens with one attached hydrogen (secondary N) is 2. The molecule has 200 valence electrons. The number of carbonyl (C=O) groups excluding carboxylic acids is 3. The van der Waals surface area contributed by atoms with Crippen molar-refractivity contribution in [1.29, 1.82) is 0 Å². The van der Waals surface area contributed by atoms with Crippen molar-refractivity contribution in [2.45, 2.75) is 58.8 Å². The van der Waals surface area contributed by atoms with Crippen LogP contribution in [0.3, 0.4) is 0 Å². The highest BCUT2D eigenvalue weighted by molar-refractivity contribution is 5.93. The van der Waals surface area contributed by atoms with E-state index in [0.29, 0.717) is 23.5 Å². The molecule has 0 unspecified atom stereocenters. The van der Waals surface area contributed by atoms with E-state index in [9.17, 15) is 14.4 Å². The minimum Gasteiger partial charge on any atom is -0.457 e. The fourth-order valence-corrected chi connectivity index (χ4v) is 3.74. The van der Waals surface area contributed by atoms with E-state index in [4.69, 9.17) is 9.47 Å². The molecule has 0 aliphatic rings. The number of hydrogen-bond donors (Lipinski definition) is 2. The van der Waals surface area contributed by atoms with Crippen molar-refractivity contribution in [3.63, 3.8) is 0 Å². The van der Waals surface area contributed by atoms with E-state index in [1.54, 1.807) is 24.3 Å². The second kappa shape index (κ2) is 13.4. The summed E-state index contributed by atoms with van der Waals surface area (Å²) in [6.07, 6.45) is 1.30. The Bertz CT molecular complexity index is 1230. The number of hydrogen-bond acceptors (Lipinski definition) is 5. The van der Waals surface area contributed by atoms with E-state index in [1.807, 2.05) is 43.3 Å². The summed E-state index contributed by atoms with van der Waals surface area (Å²) >= 11 is 0. The van der Waals surface area contributed by atoms with Crippen LogP contribution in [0.4, 0.5) is 11.4 Å². The van der Waals surface area contributed by atoms with E-state index in [0.717, 1.165) is 17.7 Å². The zero-order valence-electron chi connectivity index (χ0n) is 22.5. The number of carbonyl (C=O) groups is 3. The van der Waals surface area contributed by atoms with Crippen LogP contribution in [0.1, 0.15) is 58.1 Å². The molecule has 38 heavy (non-hydrogen) atoms. The van der Waals surface area contributed by atoms with Gasteiger partial charge in [-0.05, 0) is 71.8 Å². The molecule has 3 aromatic carbocycles. The maximum Gasteiger partial charge on any atom is 0.306 e. The minimum absolute atomic E-state index is 0.0486. The normalized spacial score (nSPS) is 10.9. The van der Waals surface area contributed by atoms with Gasteiger partial charge in [0, 0.05) is 24.2 Å². The summed E-state index contributed by atoms with van der Waals surface area (Å²) in [5.41, 5.74) is 3.66. The van der Waals surface area contributed by atoms with Crippen LogP contribution in [0.15, 0.2) is 72.8 Å². The summed E-state index contributed by atoms with van der Waals surface area (Å²) in [5, 5.41) is 5.56. The van der Waals surface area contributed by atoms with Gasteiger partial charge in [-0.3, -0.25) is 14.4 Å². The molecule has 0 aliphatic heterocycles. The van der Waals surface area contributed by atoms with Gasteiger partial charge < -0.3 is 20.1 Å². The quantitative estimate of drug-likeness (QED) is 0.279. The third-order valence-electron chi connectivity index (χ3n) is 5.92. The summed E-state index contributed by atoms with van der Waals surface area (Å²) in [4.78, 5) is 36.3. The highest BCUT2D eigenvalue weighted by Crippen LogP contribution is 2.27. The first-order chi connectivity index (χ1) is 18.1. The van der Waals surface area contributed by atoms with E-state index in [2.05, 4.69) is 43.5 Å². The predicted molar refractivity (Wildman–Crippen MR) is 150 cm³/mol. The molecular weight excluding hydrogens is 480 g/mol. The molecule has 7 nitrogen and oxygen atoms in total. The lowest BCUT2D eigenvalue weighted by Crippen LogP contribution is -2.21. The van der Waals surface area contributed by atoms with Gasteiger partial charge in [0.25, 0.3) is 5.91 Å². The molecule has 0 bridgehead atoms. The standard InChI is InChI=1S/C31H36N2O5/c1-5-22-9-6-7-10-27(22)33-29(35)21-37-30(36)12-8-11-28(34)32-24-15-19-26(20-16-24)38-25-17-13-23(14-18-25)31(2,3)4/h6-7,9-10,13-20H,5,8,11-12,21H2,1-4H3,(H,32,34)(H,33,35). The van der Waals surface area contributed by atoms with Gasteiger partial charge in [-0.2, -0.15) is 0 Å². The lowest BCUT2D eigenvalue weighted by Gasteiger charge is -2.19. The number of rotatable bonds is 11. The van der Waals surface area contributed by atoms with Crippen molar-refractivity contribution in [2.24, 2.45) is 0 Å². The van der Waals surface area contributed by atoms with Crippen molar-refractivity contribution in [1.82, 2.24) is 0 Å². The maximum atomic E-state index is 12.3. The number of aryl methyl sites for hydroxylation is 1. The lowest BCUT2D eigenvalue weighted by molar-refractivity contribution is -0.147. The first-order valence-corrected chi connectivity index (χ1v) is 12.9. The van der Waals surface area contributed by atoms with Gasteiger partial charge in [-0.1, -0.05) is 58.0 Å². The average Bonchev–Trinajstić information content (AvgIpc) is 2.89. The van der Waals surface area contributed by atoms with E-state index < -0.39 is 11.9 Å². The number of anilines is 2. The summed E-state index contributed by atoms with van der Waals surface area (Å²) in [6.45, 7) is 8.13. The molecule has 7 heteroatoms. The summed E-state index contributed by atoms with van der Waals surface area (Å²) in [6, 6.07) is 22.6. The number of esters is 1. The molecule has 0 atom stereocenters. The van der Waals surface area contributed by atoms with Gasteiger partial charge >= 0.3 is 5.97 Å². The number of para-hydroxylation sites is 1. The smallest absolute Gasteiger partial charge is 0.306 e. The number of amides is 2. The first-order valence-electron chi connectivity index (χ1n) is 12.9. The molecule has 2 amide bonds. The summed E-state index contributed by atoms with van der Waals surface area (Å²) in [7, 11) is 0. The lowest BCUT2D eigenvalue weighted by atomic mass is 9.87. The molecule has 3 aromatic rings. The maximum absolute atomic E-state index is 12.3. The Morgan fingerprint density at radius 3 is 2.03 bits per heavy atom. The van der Waals surface area contributed by atoms with Gasteiger partial charge in [-0.25, -0.2) is 0 Å². The van der Waals surface area contributed by atoms with Crippen LogP contribution in [-0.4, -0.2) is 24.4 Å². The topological polar surface area (TPSA) is 93.7 Å². The average molecular weight is 517 g/mol. The van der Waals surface area contributed by atoms with Crippen LogP contribution >= 0.6 is 0 Å². The Balaban J connectivity index is 1.35. The molecule has 0 saturated heterocycles. The molecule has 0 spiro atoms. The molecule has 0 saturated carbocycles. The van der Waals surface area contributed by atoms with Crippen molar-refractivity contribution in [2.75, 3.05) is 17.2 Å². The van der Waals surface area contributed by atoms with Crippen molar-refractivity contribution in [3.05, 3.63) is 83.9 Å². The molecule has 3 rings (SSSR count). The SMILES string of the molecule is CCc1ccccc1NC(=O)COC(=O)CCCC(=O)Nc1ccc(Oc2ccc(C(C)(C)C)cc2)cc1. The first kappa shape index (κ1) is 28.4. The number of benzene rings is 3. The van der Waals surface area contributed by atoms with Crippen molar-refractivity contribution in [3.8, 4) is 11.5 Å². The predicted octanol–water partition coefficient (Wildman–Crippen LogP) is 6.63. The number of ether oxygens (including phenoxy) is 2. The molecule has 0 heterocycles. The zero-order valence-corrected chi connectivity index (χ0v) is 22.5. The van der Waals surface area contributed by atoms with Gasteiger partial charge in [0.05, 0.1) is 0 Å². The Labute approximate surface area is 224 Å². The van der Waals surface area contributed by atoms with Crippen LogP contribution in [0.5, 0.6) is 11.5 Å². The molecule has 0 fully saturated rings. The second-order valence-corrected chi connectivity index (χ2v) is 10.0. The summed E-state index contributed by atoms with van der Waals surface area (Å²) < 4.78 is 10.9. The van der Waals surface area contributed by atoms with Gasteiger partial charge in [0.1, 0.15) is 11.5 Å². The Morgan fingerprint density at radius 1 is 0.763 bits per heavy atom. The third-order valence-corrected chi connectivity index (χ3v) is 5.92. The van der Waals surface area contributed by atoms with Crippen LogP contribution in [0.2, 0.25) is 0 Å². The van der Waals surface area contributed by atoms with E-state index in [1.165, 1.54) is 5.56 Å². The zero-order chi connectivity index (χ0) is 27.5. The van der Waals surface area contributed by atoms with Crippen LogP contribution in [0, 0.1) is 0 Å². The van der Waals surface area contributed by atoms with Crippen LogP contribution in [-0.2, 0) is 31.0 Å². The molecule has 2 N–H and O–H groups in total. The second-order valence-electron chi connectivity index (χ2n) is 10.0. The molecule has 0 aromatic heterocycles. The molecule has 0 aliphatic carbocycles. The molecule has 0 radical (unpaired) electrons. The highest BCUT2D eigenvalue weighted by atomic mass is 16.5. The van der Waals surface area contributed by atoms with E-state index in [-0.39, 0.29) is 30.8 Å². The van der Waals surface area contributed by atoms with Crippen molar-refractivity contribution >= 4 is 29.2 Å². The van der Waals surface area contributed by atoms with E-state index >= 15 is 0 Å². The monoisotopic (exact) mass is 516 g/mol. The Hall–Kier alpha value is -4.13. The fourth-order valence-electron chi connectivity index (χ4n) is 3.74. The fraction of sp³-hybridized carbons (Fsp3) is 0.323. The Kier molecular flexibility index (Phi) is 10.0. The minimum atomic E-state index is -0.520. The van der Waals surface area contributed by atoms with Crippen molar-refractivity contribution < 1.29 is 23.9 Å². The molecular formula is C31H36N2O5.